The van der Waals surface area contributed by atoms with Crippen LogP contribution in [0.2, 0.25) is 0 Å². The van der Waals surface area contributed by atoms with Gasteiger partial charge in [0.1, 0.15) is 6.29 Å². The van der Waals surface area contributed by atoms with E-state index in [-0.39, 0.29) is 0 Å². The molecule has 58 valence electrons. The van der Waals surface area contributed by atoms with Crippen LogP contribution in [-0.2, 0) is 0 Å². The molecule has 1 N–H and O–H groups in total. The average molecular weight is 141 g/mol. The summed E-state index contributed by atoms with van der Waals surface area (Å²) in [5.74, 6) is 0. The van der Waals surface area contributed by atoms with Crippen LogP contribution in [0.1, 0.15) is 6.42 Å². The summed E-state index contributed by atoms with van der Waals surface area (Å²) in [5, 5.41) is 3.48. The van der Waals surface area contributed by atoms with Crippen molar-refractivity contribution in [2.75, 3.05) is 33.2 Å². The van der Waals surface area contributed by atoms with Gasteiger partial charge in [-0.1, -0.05) is 0 Å². The van der Waals surface area contributed by atoms with Crippen molar-refractivity contribution >= 4 is 0 Å². The summed E-state index contributed by atoms with van der Waals surface area (Å²) in [6.07, 6.45) is 1.86. The molecule has 1 unspecified atom stereocenters. The van der Waals surface area contributed by atoms with Crippen molar-refractivity contribution in [3.8, 4) is 0 Å². The van der Waals surface area contributed by atoms with Crippen LogP contribution in [0, 0.1) is 0 Å². The maximum Gasteiger partial charge on any atom is 0.116 e. The third kappa shape index (κ3) is 0.944. The van der Waals surface area contributed by atoms with Crippen LogP contribution in [0.15, 0.2) is 0 Å². The van der Waals surface area contributed by atoms with Crippen LogP contribution in [0.3, 0.4) is 0 Å². The molecule has 0 aromatic carbocycles. The number of fused-ring (bicyclic) bond motifs is 1. The second kappa shape index (κ2) is 2.49. The van der Waals surface area contributed by atoms with Gasteiger partial charge in [-0.25, -0.2) is 0 Å². The maximum atomic E-state index is 3.48. The Labute approximate surface area is 62.0 Å². The zero-order valence-electron chi connectivity index (χ0n) is 6.51. The van der Waals surface area contributed by atoms with Gasteiger partial charge in [-0.2, -0.15) is 0 Å². The van der Waals surface area contributed by atoms with Gasteiger partial charge in [0, 0.05) is 19.6 Å². The highest BCUT2D eigenvalue weighted by atomic mass is 15.5. The molecule has 0 aliphatic carbocycles. The van der Waals surface area contributed by atoms with Gasteiger partial charge in [0.2, 0.25) is 0 Å². The van der Waals surface area contributed by atoms with Crippen LogP contribution in [0.4, 0.5) is 0 Å². The molecule has 0 aromatic rings. The Bertz CT molecular complexity index is 124. The fraction of sp³-hybridized carbons (Fsp3) is 1.00. The monoisotopic (exact) mass is 141 g/mol. The van der Waals surface area contributed by atoms with E-state index in [2.05, 4.69) is 22.2 Å². The van der Waals surface area contributed by atoms with E-state index in [0.29, 0.717) is 6.29 Å². The highest BCUT2D eigenvalue weighted by Gasteiger charge is 2.30. The van der Waals surface area contributed by atoms with Gasteiger partial charge in [-0.05, 0) is 20.0 Å². The summed E-state index contributed by atoms with van der Waals surface area (Å²) in [4.78, 5) is 4.88. The van der Waals surface area contributed by atoms with E-state index in [4.69, 9.17) is 0 Å². The normalized spacial score (nSPS) is 36.3. The summed E-state index contributed by atoms with van der Waals surface area (Å²) in [5.41, 5.74) is 0. The Kier molecular flexibility index (Phi) is 1.64. The molecule has 0 spiro atoms. The first-order valence-electron chi connectivity index (χ1n) is 4.05. The second-order valence-corrected chi connectivity index (χ2v) is 3.20. The van der Waals surface area contributed by atoms with E-state index in [1.54, 1.807) is 0 Å². The summed E-state index contributed by atoms with van der Waals surface area (Å²) in [7, 11) is 2.18. The van der Waals surface area contributed by atoms with E-state index < -0.39 is 0 Å². The molecule has 2 aliphatic heterocycles. The SMILES string of the molecule is CN1CCN2CCCNC12. The van der Waals surface area contributed by atoms with Crippen molar-refractivity contribution in [2.45, 2.75) is 12.7 Å². The van der Waals surface area contributed by atoms with Crippen LogP contribution in [-0.4, -0.2) is 49.3 Å². The Morgan fingerprint density at radius 3 is 3.00 bits per heavy atom. The molecular weight excluding hydrogens is 126 g/mol. The summed E-state index contributed by atoms with van der Waals surface area (Å²) in [6, 6.07) is 0. The van der Waals surface area contributed by atoms with Gasteiger partial charge < -0.3 is 0 Å². The lowest BCUT2D eigenvalue weighted by Gasteiger charge is -2.32. The molecule has 0 radical (unpaired) electrons. The summed E-state index contributed by atoms with van der Waals surface area (Å²) < 4.78 is 0. The van der Waals surface area contributed by atoms with Crippen molar-refractivity contribution in [1.29, 1.82) is 0 Å². The molecule has 3 nitrogen and oxygen atoms in total. The van der Waals surface area contributed by atoms with E-state index in [9.17, 15) is 0 Å². The molecule has 0 amide bonds. The van der Waals surface area contributed by atoms with Crippen molar-refractivity contribution < 1.29 is 0 Å². The fourth-order valence-electron chi connectivity index (χ4n) is 1.84. The number of nitrogens with zero attached hydrogens (tertiary/aromatic N) is 2. The lowest BCUT2D eigenvalue weighted by Crippen LogP contribution is -2.52. The molecule has 2 aliphatic rings. The fourth-order valence-corrected chi connectivity index (χ4v) is 1.84. The minimum absolute atomic E-state index is 0.550. The Morgan fingerprint density at radius 2 is 2.20 bits per heavy atom. The second-order valence-electron chi connectivity index (χ2n) is 3.20. The highest BCUT2D eigenvalue weighted by Crippen LogP contribution is 2.12. The topological polar surface area (TPSA) is 18.5 Å². The highest BCUT2D eigenvalue weighted by molar-refractivity contribution is 4.81. The Balaban J connectivity index is 2.01. The zero-order chi connectivity index (χ0) is 6.97. The molecule has 0 bridgehead atoms. The van der Waals surface area contributed by atoms with Crippen LogP contribution in [0.5, 0.6) is 0 Å². The summed E-state index contributed by atoms with van der Waals surface area (Å²) >= 11 is 0. The van der Waals surface area contributed by atoms with Gasteiger partial charge in [0.05, 0.1) is 0 Å². The molecule has 2 heterocycles. The van der Waals surface area contributed by atoms with E-state index in [0.717, 1.165) is 0 Å². The summed E-state index contributed by atoms with van der Waals surface area (Å²) in [6.45, 7) is 4.93. The quantitative estimate of drug-likeness (QED) is 0.491. The Hall–Kier alpha value is -0.120. The van der Waals surface area contributed by atoms with Gasteiger partial charge in [0.15, 0.2) is 0 Å². The molecule has 1 atom stereocenters. The number of nitrogens with one attached hydrogen (secondary N) is 1. The molecule has 2 saturated heterocycles. The molecule has 2 fully saturated rings. The number of likely N-dealkylation sites (N-methyl/N-ethyl adjacent to an activating group) is 1. The third-order valence-corrected chi connectivity index (χ3v) is 2.45. The van der Waals surface area contributed by atoms with Gasteiger partial charge in [-0.15, -0.1) is 0 Å². The predicted molar refractivity (Wildman–Crippen MR) is 40.6 cm³/mol. The van der Waals surface area contributed by atoms with Gasteiger partial charge in [0.25, 0.3) is 0 Å². The van der Waals surface area contributed by atoms with Crippen molar-refractivity contribution in [2.24, 2.45) is 0 Å². The maximum absolute atomic E-state index is 3.48. The van der Waals surface area contributed by atoms with Crippen molar-refractivity contribution in [3.05, 3.63) is 0 Å². The van der Waals surface area contributed by atoms with Crippen LogP contribution in [0.25, 0.3) is 0 Å². The molecule has 0 saturated carbocycles. The molecule has 2 rings (SSSR count). The van der Waals surface area contributed by atoms with Crippen LogP contribution >= 0.6 is 0 Å². The van der Waals surface area contributed by atoms with Crippen molar-refractivity contribution in [3.63, 3.8) is 0 Å². The van der Waals surface area contributed by atoms with E-state index in [1.165, 1.54) is 32.6 Å². The number of rotatable bonds is 0. The first kappa shape index (κ1) is 6.58. The molecule has 0 aromatic heterocycles. The van der Waals surface area contributed by atoms with Crippen LogP contribution < -0.4 is 5.32 Å². The van der Waals surface area contributed by atoms with Gasteiger partial charge >= 0.3 is 0 Å². The number of hydrogen-bond donors (Lipinski definition) is 1. The first-order chi connectivity index (χ1) is 4.88. The van der Waals surface area contributed by atoms with Crippen molar-refractivity contribution in [1.82, 2.24) is 15.1 Å². The zero-order valence-corrected chi connectivity index (χ0v) is 6.51. The standard InChI is InChI=1S/C7H15N3/c1-9-5-6-10-4-2-3-8-7(9)10/h7-8H,2-6H2,1H3. The smallest absolute Gasteiger partial charge is 0.116 e. The largest absolute Gasteiger partial charge is 0.289 e. The first-order valence-corrected chi connectivity index (χ1v) is 4.05. The Morgan fingerprint density at radius 1 is 1.30 bits per heavy atom. The molecular formula is C7H15N3. The van der Waals surface area contributed by atoms with E-state index >= 15 is 0 Å². The molecule has 3 heteroatoms. The van der Waals surface area contributed by atoms with Gasteiger partial charge in [-0.3, -0.25) is 15.1 Å². The lowest BCUT2D eigenvalue weighted by atomic mass is 10.3. The predicted octanol–water partition coefficient (Wildman–Crippen LogP) is -0.489. The third-order valence-electron chi connectivity index (χ3n) is 2.45. The number of hydrogen-bond acceptors (Lipinski definition) is 3. The minimum Gasteiger partial charge on any atom is -0.289 e. The van der Waals surface area contributed by atoms with E-state index in [1.807, 2.05) is 0 Å². The minimum atomic E-state index is 0.550. The average Bonchev–Trinajstić information content (AvgIpc) is 2.34. The molecule has 10 heavy (non-hydrogen) atoms. The lowest BCUT2D eigenvalue weighted by molar-refractivity contribution is 0.0951.